The van der Waals surface area contributed by atoms with Crippen LogP contribution in [0.1, 0.15) is 69.1 Å². The van der Waals surface area contributed by atoms with Crippen LogP contribution < -0.4 is 9.47 Å². The van der Waals surface area contributed by atoms with Gasteiger partial charge in [-0.05, 0) is 82.9 Å². The molecule has 0 saturated carbocycles. The standard InChI is InChI=1S/C30H32BrN5O3/c1-4-7-19-11-25-29(26(37)12-19)28(23(15-32)18(3)35-25)22-13-24(31)30(27(14-22)38-5-2)39-17-21-9-6-8-20(10-21)16-34-36-33/h6,8-10,13-14,19,23,28H,4-5,7,11-12,16-17H2,1-3H3. The monoisotopic (exact) mass is 589 g/mol. The molecular formula is C30H32BrN5O3. The summed E-state index contributed by atoms with van der Waals surface area (Å²) >= 11 is 3.67. The Kier molecular flexibility index (Phi) is 9.45. The lowest BCUT2D eigenvalue weighted by atomic mass is 9.70. The highest BCUT2D eigenvalue weighted by atomic mass is 79.9. The van der Waals surface area contributed by atoms with Crippen LogP contribution in [0.25, 0.3) is 10.4 Å². The summed E-state index contributed by atoms with van der Waals surface area (Å²) in [6, 6.07) is 13.9. The van der Waals surface area contributed by atoms with Gasteiger partial charge in [0.15, 0.2) is 17.3 Å². The van der Waals surface area contributed by atoms with Gasteiger partial charge in [-0.25, -0.2) is 0 Å². The van der Waals surface area contributed by atoms with E-state index >= 15 is 0 Å². The molecule has 0 bridgehead atoms. The van der Waals surface area contributed by atoms with Crippen molar-refractivity contribution in [3.63, 3.8) is 0 Å². The molecule has 39 heavy (non-hydrogen) atoms. The molecule has 2 aromatic rings. The predicted octanol–water partition coefficient (Wildman–Crippen LogP) is 7.97. The van der Waals surface area contributed by atoms with Crippen molar-refractivity contribution in [2.24, 2.45) is 21.9 Å². The Morgan fingerprint density at radius 2 is 2.00 bits per heavy atom. The largest absolute Gasteiger partial charge is 0.490 e. The fourth-order valence-electron chi connectivity index (χ4n) is 5.53. The summed E-state index contributed by atoms with van der Waals surface area (Å²) in [6.07, 6.45) is 3.28. The van der Waals surface area contributed by atoms with Crippen LogP contribution in [0.15, 0.2) is 62.2 Å². The number of carbonyl (C=O) groups excluding carboxylic acids is 1. The van der Waals surface area contributed by atoms with Crippen LogP contribution in [0, 0.1) is 23.2 Å². The summed E-state index contributed by atoms with van der Waals surface area (Å²) in [5, 5.41) is 13.8. The van der Waals surface area contributed by atoms with Crippen LogP contribution in [0.3, 0.4) is 0 Å². The lowest BCUT2D eigenvalue weighted by Gasteiger charge is -2.35. The van der Waals surface area contributed by atoms with Crippen LogP contribution in [0.4, 0.5) is 0 Å². The van der Waals surface area contributed by atoms with Crippen molar-refractivity contribution in [1.82, 2.24) is 0 Å². The third-order valence-electron chi connectivity index (χ3n) is 7.19. The molecular weight excluding hydrogens is 558 g/mol. The van der Waals surface area contributed by atoms with Gasteiger partial charge in [-0.3, -0.25) is 9.79 Å². The van der Waals surface area contributed by atoms with E-state index in [4.69, 9.17) is 20.0 Å². The summed E-state index contributed by atoms with van der Waals surface area (Å²) < 4.78 is 12.9. The van der Waals surface area contributed by atoms with Gasteiger partial charge in [-0.2, -0.15) is 5.26 Å². The summed E-state index contributed by atoms with van der Waals surface area (Å²) in [4.78, 5) is 21.0. The number of carbonyl (C=O) groups is 1. The number of nitriles is 1. The second kappa shape index (κ2) is 13.0. The highest BCUT2D eigenvalue weighted by molar-refractivity contribution is 9.10. The Hall–Kier alpha value is -3.60. The lowest BCUT2D eigenvalue weighted by molar-refractivity contribution is -0.117. The van der Waals surface area contributed by atoms with E-state index in [0.29, 0.717) is 40.5 Å². The van der Waals surface area contributed by atoms with E-state index in [9.17, 15) is 10.1 Å². The zero-order chi connectivity index (χ0) is 27.9. The molecule has 1 heterocycles. The highest BCUT2D eigenvalue weighted by Crippen LogP contribution is 2.48. The summed E-state index contributed by atoms with van der Waals surface area (Å²) in [5.41, 5.74) is 13.5. The molecule has 4 rings (SSSR count). The number of hydrogen-bond acceptors (Lipinski definition) is 6. The van der Waals surface area contributed by atoms with E-state index in [-0.39, 0.29) is 18.9 Å². The predicted molar refractivity (Wildman–Crippen MR) is 154 cm³/mol. The SMILES string of the molecule is CCCC1CC(=O)C2=C(C1)N=C(C)C(C#N)C2c1cc(Br)c(OCc2cccc(CN=[N+]=[N-])c2)c(OCC)c1. The molecule has 9 heteroatoms. The van der Waals surface area contributed by atoms with Crippen LogP contribution in [-0.4, -0.2) is 18.1 Å². The van der Waals surface area contributed by atoms with Crippen LogP contribution >= 0.6 is 15.9 Å². The third kappa shape index (κ3) is 6.35. The molecule has 3 unspecified atom stereocenters. The van der Waals surface area contributed by atoms with E-state index in [1.165, 1.54) is 0 Å². The Bertz CT molecular complexity index is 1400. The number of hydrogen-bond donors (Lipinski definition) is 0. The van der Waals surface area contributed by atoms with Gasteiger partial charge in [-0.15, -0.1) is 0 Å². The number of ether oxygens (including phenoxy) is 2. The van der Waals surface area contributed by atoms with E-state index in [1.54, 1.807) is 0 Å². The van der Waals surface area contributed by atoms with E-state index < -0.39 is 11.8 Å². The van der Waals surface area contributed by atoms with Crippen molar-refractivity contribution in [2.45, 2.75) is 65.5 Å². The second-order valence-electron chi connectivity index (χ2n) is 9.94. The lowest BCUT2D eigenvalue weighted by Crippen LogP contribution is -2.32. The normalized spacial score (nSPS) is 20.4. The fraction of sp³-hybridized carbons (Fsp3) is 0.433. The zero-order valence-corrected chi connectivity index (χ0v) is 24.1. The molecule has 0 spiro atoms. The van der Waals surface area contributed by atoms with E-state index in [1.807, 2.05) is 50.2 Å². The maximum Gasteiger partial charge on any atom is 0.175 e. The topological polar surface area (TPSA) is 120 Å². The molecule has 2 aliphatic rings. The molecule has 1 aliphatic carbocycles. The molecule has 2 aromatic carbocycles. The van der Waals surface area contributed by atoms with Crippen molar-refractivity contribution in [2.75, 3.05) is 6.61 Å². The Morgan fingerprint density at radius 3 is 2.72 bits per heavy atom. The first-order valence-electron chi connectivity index (χ1n) is 13.3. The number of benzene rings is 2. The molecule has 0 saturated heterocycles. The van der Waals surface area contributed by atoms with Gasteiger partial charge in [-0.1, -0.05) is 42.7 Å². The van der Waals surface area contributed by atoms with Crippen molar-refractivity contribution in [3.8, 4) is 17.6 Å². The maximum absolute atomic E-state index is 13.5. The number of halogens is 1. The van der Waals surface area contributed by atoms with Gasteiger partial charge in [0, 0.05) is 34.2 Å². The van der Waals surface area contributed by atoms with Gasteiger partial charge in [0.25, 0.3) is 0 Å². The molecule has 0 fully saturated rings. The van der Waals surface area contributed by atoms with Gasteiger partial charge < -0.3 is 9.47 Å². The highest BCUT2D eigenvalue weighted by Gasteiger charge is 2.41. The molecule has 8 nitrogen and oxygen atoms in total. The average molecular weight is 591 g/mol. The van der Waals surface area contributed by atoms with Crippen molar-refractivity contribution >= 4 is 27.4 Å². The molecule has 0 radical (unpaired) electrons. The van der Waals surface area contributed by atoms with Gasteiger partial charge in [0.1, 0.15) is 6.61 Å². The fourth-order valence-corrected chi connectivity index (χ4v) is 6.11. The molecule has 202 valence electrons. The zero-order valence-electron chi connectivity index (χ0n) is 22.5. The number of Topliss-reactive ketones (excluding diaryl/α,β-unsaturated/α-hetero) is 1. The summed E-state index contributed by atoms with van der Waals surface area (Å²) in [6.45, 7) is 6.89. The maximum atomic E-state index is 13.5. The van der Waals surface area contributed by atoms with Gasteiger partial charge >= 0.3 is 0 Å². The Morgan fingerprint density at radius 1 is 1.21 bits per heavy atom. The number of ketones is 1. The average Bonchev–Trinajstić information content (AvgIpc) is 2.91. The summed E-state index contributed by atoms with van der Waals surface area (Å²) in [5.74, 6) is 0.512. The number of nitrogens with zero attached hydrogens (tertiary/aromatic N) is 5. The minimum Gasteiger partial charge on any atom is -0.490 e. The number of allylic oxidation sites excluding steroid dienone is 2. The quantitative estimate of drug-likeness (QED) is 0.158. The number of rotatable bonds is 10. The first kappa shape index (κ1) is 28.4. The van der Waals surface area contributed by atoms with Crippen LogP contribution in [0.5, 0.6) is 11.5 Å². The Balaban J connectivity index is 1.69. The van der Waals surface area contributed by atoms with Crippen LogP contribution in [-0.2, 0) is 17.9 Å². The van der Waals surface area contributed by atoms with Gasteiger partial charge in [0.2, 0.25) is 0 Å². The van der Waals surface area contributed by atoms with Crippen molar-refractivity contribution < 1.29 is 14.3 Å². The molecule has 0 N–H and O–H groups in total. The number of aliphatic imine (C=N–C) groups is 1. The first-order valence-corrected chi connectivity index (χ1v) is 14.1. The second-order valence-corrected chi connectivity index (χ2v) is 10.8. The smallest absolute Gasteiger partial charge is 0.175 e. The molecule has 0 amide bonds. The minimum atomic E-state index is -0.539. The Labute approximate surface area is 237 Å². The molecule has 1 aliphatic heterocycles. The van der Waals surface area contributed by atoms with E-state index in [0.717, 1.165) is 47.4 Å². The third-order valence-corrected chi connectivity index (χ3v) is 7.78. The van der Waals surface area contributed by atoms with Crippen molar-refractivity contribution in [3.05, 3.63) is 79.3 Å². The van der Waals surface area contributed by atoms with Gasteiger partial charge in [0.05, 0.1) is 29.6 Å². The van der Waals surface area contributed by atoms with Crippen LogP contribution in [0.2, 0.25) is 0 Å². The van der Waals surface area contributed by atoms with E-state index in [2.05, 4.69) is 38.9 Å². The first-order chi connectivity index (χ1) is 18.9. The summed E-state index contributed by atoms with van der Waals surface area (Å²) in [7, 11) is 0. The minimum absolute atomic E-state index is 0.0891. The number of azide groups is 1. The molecule has 3 atom stereocenters. The van der Waals surface area contributed by atoms with Crippen molar-refractivity contribution in [1.29, 1.82) is 5.26 Å². The molecule has 0 aromatic heterocycles.